The number of hydrogen-bond acceptors (Lipinski definition) is 4. The molecule has 1 N–H and O–H groups in total. The molecule has 2 aromatic carbocycles. The number of likely N-dealkylation sites (N-methyl/N-ethyl adjacent to an activating group) is 1. The fraction of sp³-hybridized carbons (Fsp3) is 0.448. The Hall–Kier alpha value is -3.28. The molecule has 0 bridgehead atoms. The molecule has 5 aliphatic heterocycles. The topological polar surface area (TPSA) is 55.9 Å². The molecule has 6 heteroatoms. The summed E-state index contributed by atoms with van der Waals surface area (Å²) in [6, 6.07) is 15.9. The van der Waals surface area contributed by atoms with E-state index in [-0.39, 0.29) is 35.0 Å². The van der Waals surface area contributed by atoms with Gasteiger partial charge in [-0.05, 0) is 56.4 Å². The van der Waals surface area contributed by atoms with E-state index in [1.54, 1.807) is 0 Å². The first-order valence-electron chi connectivity index (χ1n) is 12.7. The summed E-state index contributed by atoms with van der Waals surface area (Å²) >= 11 is 0. The predicted molar refractivity (Wildman–Crippen MR) is 136 cm³/mol. The van der Waals surface area contributed by atoms with E-state index in [4.69, 9.17) is 0 Å². The molecule has 0 unspecified atom stereocenters. The van der Waals surface area contributed by atoms with Crippen molar-refractivity contribution >= 4 is 23.2 Å². The Labute approximate surface area is 206 Å². The summed E-state index contributed by atoms with van der Waals surface area (Å²) in [5.41, 5.74) is 5.44. The summed E-state index contributed by atoms with van der Waals surface area (Å²) in [6.07, 6.45) is 4.09. The number of carbonyl (C=O) groups excluding carboxylic acids is 2. The number of piperazine rings is 1. The lowest BCUT2D eigenvalue weighted by molar-refractivity contribution is -0.160. The Kier molecular flexibility index (Phi) is 4.02. The number of para-hydroxylation sites is 2. The number of carbonyl (C=O) groups is 2. The van der Waals surface area contributed by atoms with Gasteiger partial charge >= 0.3 is 0 Å². The van der Waals surface area contributed by atoms with Crippen LogP contribution in [0.4, 0.5) is 11.4 Å². The van der Waals surface area contributed by atoms with Gasteiger partial charge in [0.05, 0.1) is 0 Å². The van der Waals surface area contributed by atoms with Crippen LogP contribution in [-0.4, -0.2) is 53.1 Å². The van der Waals surface area contributed by atoms with Gasteiger partial charge in [0, 0.05) is 29.3 Å². The average molecular weight is 469 g/mol. The van der Waals surface area contributed by atoms with Gasteiger partial charge in [0.25, 0.3) is 0 Å². The van der Waals surface area contributed by atoms with Gasteiger partial charge in [0.1, 0.15) is 24.4 Å². The van der Waals surface area contributed by atoms with Crippen LogP contribution in [0, 0.1) is 0 Å². The van der Waals surface area contributed by atoms with Crippen LogP contribution < -0.4 is 10.2 Å². The van der Waals surface area contributed by atoms with E-state index < -0.39 is 12.1 Å². The van der Waals surface area contributed by atoms with E-state index in [1.807, 2.05) is 15.9 Å². The Morgan fingerprint density at radius 1 is 0.971 bits per heavy atom. The maximum absolute atomic E-state index is 14.3. The number of hydrogen-bond donors (Lipinski definition) is 1. The predicted octanol–water partition coefficient (Wildman–Crippen LogP) is 3.98. The van der Waals surface area contributed by atoms with E-state index in [2.05, 4.69) is 86.6 Å². The summed E-state index contributed by atoms with van der Waals surface area (Å²) < 4.78 is 0. The van der Waals surface area contributed by atoms with Crippen LogP contribution in [0.15, 0.2) is 60.2 Å². The second kappa shape index (κ2) is 6.68. The minimum absolute atomic E-state index is 0.0977. The van der Waals surface area contributed by atoms with Crippen LogP contribution in [0.1, 0.15) is 51.2 Å². The number of fused-ring (bicyclic) bond motifs is 10. The number of nitrogens with one attached hydrogen (secondary N) is 1. The third-order valence-electron chi connectivity index (χ3n) is 9.46. The molecule has 0 aromatic heterocycles. The monoisotopic (exact) mass is 468 g/mol. The second-order valence-corrected chi connectivity index (χ2v) is 11.6. The van der Waals surface area contributed by atoms with Gasteiger partial charge in [-0.2, -0.15) is 0 Å². The van der Waals surface area contributed by atoms with Crippen molar-refractivity contribution in [1.82, 2.24) is 9.80 Å². The summed E-state index contributed by atoms with van der Waals surface area (Å²) in [6.45, 7) is 6.45. The lowest BCUT2D eigenvalue weighted by atomic mass is 9.75. The van der Waals surface area contributed by atoms with E-state index in [0.717, 1.165) is 12.1 Å². The zero-order valence-electron chi connectivity index (χ0n) is 20.8. The van der Waals surface area contributed by atoms with Crippen LogP contribution in [0.2, 0.25) is 0 Å². The Morgan fingerprint density at radius 2 is 1.63 bits per heavy atom. The number of anilines is 2. The first-order chi connectivity index (χ1) is 16.8. The molecule has 35 heavy (non-hydrogen) atoms. The van der Waals surface area contributed by atoms with E-state index in [0.29, 0.717) is 12.8 Å². The van der Waals surface area contributed by atoms with Crippen LogP contribution in [0.3, 0.4) is 0 Å². The molecule has 0 spiro atoms. The molecule has 6 atom stereocenters. The van der Waals surface area contributed by atoms with Crippen LogP contribution in [-0.2, 0) is 20.4 Å². The highest BCUT2D eigenvalue weighted by atomic mass is 16.2. The Bertz CT molecular complexity index is 1320. The van der Waals surface area contributed by atoms with Crippen molar-refractivity contribution in [2.75, 3.05) is 17.3 Å². The number of benzene rings is 2. The molecule has 3 saturated heterocycles. The highest BCUT2D eigenvalue weighted by Crippen LogP contribution is 2.59. The fourth-order valence-electron chi connectivity index (χ4n) is 7.96. The van der Waals surface area contributed by atoms with Gasteiger partial charge in [0.2, 0.25) is 11.8 Å². The minimum atomic E-state index is -0.432. The van der Waals surface area contributed by atoms with Gasteiger partial charge in [-0.25, -0.2) is 0 Å². The molecule has 5 heterocycles. The van der Waals surface area contributed by atoms with E-state index in [1.165, 1.54) is 22.4 Å². The fourth-order valence-corrected chi connectivity index (χ4v) is 7.96. The molecule has 180 valence electrons. The average Bonchev–Trinajstić information content (AvgIpc) is 3.51. The van der Waals surface area contributed by atoms with Gasteiger partial charge in [-0.1, -0.05) is 55.0 Å². The molecule has 6 nitrogen and oxygen atoms in total. The summed E-state index contributed by atoms with van der Waals surface area (Å²) in [4.78, 5) is 34.7. The molecular weight excluding hydrogens is 436 g/mol. The first-order valence-corrected chi connectivity index (χ1v) is 12.7. The molecular formula is C29H32N4O2. The molecule has 5 aliphatic rings. The van der Waals surface area contributed by atoms with Crippen molar-refractivity contribution in [3.05, 3.63) is 71.3 Å². The number of amides is 2. The second-order valence-electron chi connectivity index (χ2n) is 11.6. The number of nitrogens with zero attached hydrogens (tertiary/aromatic N) is 3. The van der Waals surface area contributed by atoms with Crippen molar-refractivity contribution < 1.29 is 9.59 Å². The third-order valence-corrected chi connectivity index (χ3v) is 9.46. The van der Waals surface area contributed by atoms with E-state index >= 15 is 0 Å². The number of rotatable bonds is 2. The normalized spacial score (nSPS) is 35.7. The third kappa shape index (κ3) is 2.40. The lowest BCUT2D eigenvalue weighted by Gasteiger charge is -2.44. The molecule has 3 fully saturated rings. The first kappa shape index (κ1) is 21.0. The van der Waals surface area contributed by atoms with Gasteiger partial charge in [-0.15, -0.1) is 0 Å². The summed E-state index contributed by atoms with van der Waals surface area (Å²) in [7, 11) is 2.09. The van der Waals surface area contributed by atoms with Crippen molar-refractivity contribution in [1.29, 1.82) is 0 Å². The molecule has 2 amide bonds. The largest absolute Gasteiger partial charge is 0.364 e. The zero-order chi connectivity index (χ0) is 24.3. The molecule has 0 radical (unpaired) electrons. The van der Waals surface area contributed by atoms with Crippen molar-refractivity contribution in [3.63, 3.8) is 0 Å². The minimum Gasteiger partial charge on any atom is -0.364 e. The smallest absolute Gasteiger partial charge is 0.247 e. The summed E-state index contributed by atoms with van der Waals surface area (Å²) in [5.74, 6) is 0.203. The maximum atomic E-state index is 14.3. The summed E-state index contributed by atoms with van der Waals surface area (Å²) in [5, 5.41) is 3.61. The van der Waals surface area contributed by atoms with Crippen molar-refractivity contribution in [2.24, 2.45) is 0 Å². The van der Waals surface area contributed by atoms with Crippen molar-refractivity contribution in [3.8, 4) is 0 Å². The quantitative estimate of drug-likeness (QED) is 0.678. The van der Waals surface area contributed by atoms with Crippen molar-refractivity contribution in [2.45, 2.75) is 75.3 Å². The van der Waals surface area contributed by atoms with Crippen LogP contribution >= 0.6 is 0 Å². The standard InChI is InChI=1S/C29H32N4O2/c1-17(2)13-14-29-16-23-24(34)32-22(15-28(3)18-9-5-7-11-20(18)30-26(28)32)25(35)33(23)27(29)31(4)21-12-8-6-10-19(21)29/h5-13,22-23,26-27,30H,14-16H2,1-4H3/t22-,23-,26+,27-,28+,29-/m1/s1. The van der Waals surface area contributed by atoms with Gasteiger partial charge in [0.15, 0.2) is 0 Å². The highest BCUT2D eigenvalue weighted by Gasteiger charge is 2.69. The molecule has 0 aliphatic carbocycles. The SMILES string of the molecule is CC(C)=CC[C@]12C[C@@H]3C(=O)N4[C@H](C[C@@]5(C)c6ccccc6N[C@@H]45)C(=O)N3[C@H]1N(C)c1ccccc12. The van der Waals surface area contributed by atoms with Crippen LogP contribution in [0.25, 0.3) is 0 Å². The van der Waals surface area contributed by atoms with Gasteiger partial charge in [-0.3, -0.25) is 9.59 Å². The maximum Gasteiger partial charge on any atom is 0.247 e. The highest BCUT2D eigenvalue weighted by molar-refractivity contribution is 6.00. The molecule has 7 rings (SSSR count). The number of allylic oxidation sites excluding steroid dienone is 2. The molecule has 2 aromatic rings. The zero-order valence-corrected chi connectivity index (χ0v) is 20.8. The van der Waals surface area contributed by atoms with Crippen LogP contribution in [0.5, 0.6) is 0 Å². The Balaban J connectivity index is 1.33. The lowest BCUT2D eigenvalue weighted by Crippen LogP contribution is -2.66. The van der Waals surface area contributed by atoms with E-state index in [9.17, 15) is 9.59 Å². The van der Waals surface area contributed by atoms with Gasteiger partial charge < -0.3 is 20.0 Å². The Morgan fingerprint density at radius 3 is 2.40 bits per heavy atom. The molecule has 0 saturated carbocycles.